The van der Waals surface area contributed by atoms with E-state index in [1.165, 1.54) is 5.56 Å². The Balaban J connectivity index is 2.53. The Kier molecular flexibility index (Phi) is 2.23. The van der Waals surface area contributed by atoms with E-state index in [1.807, 2.05) is 26.1 Å². The highest BCUT2D eigenvalue weighted by atomic mass is 15.1. The summed E-state index contributed by atoms with van der Waals surface area (Å²) in [6.45, 7) is 2.01. The Labute approximate surface area is 82.9 Å². The van der Waals surface area contributed by atoms with E-state index in [2.05, 4.69) is 33.5 Å². The summed E-state index contributed by atoms with van der Waals surface area (Å²) in [7, 11) is 1.85. The highest BCUT2D eigenvalue weighted by molar-refractivity contribution is 5.80. The first-order valence-corrected chi connectivity index (χ1v) is 4.63. The molecule has 3 nitrogen and oxygen atoms in total. The molecule has 0 atom stereocenters. The fraction of sp³-hybridized carbons (Fsp3) is 0.182. The van der Waals surface area contributed by atoms with Crippen LogP contribution >= 0.6 is 0 Å². The van der Waals surface area contributed by atoms with Gasteiger partial charge in [0.2, 0.25) is 5.95 Å². The molecule has 2 aromatic rings. The predicted molar refractivity (Wildman–Crippen MR) is 60.3 cm³/mol. The molecule has 72 valence electrons. The first-order chi connectivity index (χ1) is 6.83. The van der Waals surface area contributed by atoms with Crippen molar-refractivity contribution in [3.63, 3.8) is 0 Å². The van der Waals surface area contributed by atoms with E-state index in [0.717, 1.165) is 17.0 Å². The van der Waals surface area contributed by atoms with E-state index in [4.69, 9.17) is 0 Å². The first-order valence-electron chi connectivity index (χ1n) is 4.63. The molecule has 0 bridgehead atoms. The largest absolute Gasteiger partial charge is 0.359 e. The summed E-state index contributed by atoms with van der Waals surface area (Å²) in [4.78, 5) is 7.53. The number of H-pyrrole nitrogens is 1. The van der Waals surface area contributed by atoms with Gasteiger partial charge in [0, 0.05) is 7.05 Å². The van der Waals surface area contributed by atoms with Crippen LogP contribution in [0.4, 0.5) is 5.95 Å². The summed E-state index contributed by atoms with van der Waals surface area (Å²) in [6.07, 6.45) is 4.09. The first kappa shape index (κ1) is 8.81. The summed E-state index contributed by atoms with van der Waals surface area (Å²) in [5, 5.41) is 2.98. The van der Waals surface area contributed by atoms with E-state index >= 15 is 0 Å². The lowest BCUT2D eigenvalue weighted by atomic mass is 10.2. The zero-order valence-corrected chi connectivity index (χ0v) is 8.33. The number of nitrogens with zero attached hydrogens (tertiary/aromatic N) is 1. The van der Waals surface area contributed by atoms with Gasteiger partial charge in [0.1, 0.15) is 0 Å². The lowest BCUT2D eigenvalue weighted by molar-refractivity contribution is 1.28. The predicted octanol–water partition coefficient (Wildman–Crippen LogP) is 2.64. The quantitative estimate of drug-likeness (QED) is 0.758. The van der Waals surface area contributed by atoms with Gasteiger partial charge in [0.25, 0.3) is 0 Å². The molecule has 1 aromatic carbocycles. The Morgan fingerprint density at radius 2 is 2.29 bits per heavy atom. The molecule has 3 heteroatoms. The second-order valence-electron chi connectivity index (χ2n) is 3.11. The molecule has 0 unspecified atom stereocenters. The molecule has 0 radical (unpaired) electrons. The van der Waals surface area contributed by atoms with Gasteiger partial charge in [-0.05, 0) is 24.6 Å². The Hall–Kier alpha value is -1.77. The van der Waals surface area contributed by atoms with Crippen LogP contribution in [0, 0.1) is 0 Å². The molecule has 0 aliphatic heterocycles. The van der Waals surface area contributed by atoms with Crippen LogP contribution in [-0.4, -0.2) is 17.0 Å². The van der Waals surface area contributed by atoms with Crippen LogP contribution in [0.5, 0.6) is 0 Å². The molecular formula is C11H13N3. The van der Waals surface area contributed by atoms with E-state index < -0.39 is 0 Å². The molecular weight excluding hydrogens is 174 g/mol. The van der Waals surface area contributed by atoms with Crippen molar-refractivity contribution in [3.8, 4) is 0 Å². The van der Waals surface area contributed by atoms with E-state index in [1.54, 1.807) is 0 Å². The Bertz CT molecular complexity index is 468. The number of benzene rings is 1. The smallest absolute Gasteiger partial charge is 0.200 e. The van der Waals surface area contributed by atoms with Gasteiger partial charge >= 0.3 is 0 Å². The summed E-state index contributed by atoms with van der Waals surface area (Å²) in [6, 6.07) is 6.16. The summed E-state index contributed by atoms with van der Waals surface area (Å²) in [5.74, 6) is 0.803. The van der Waals surface area contributed by atoms with Gasteiger partial charge in [0.15, 0.2) is 0 Å². The molecule has 2 N–H and O–H groups in total. The van der Waals surface area contributed by atoms with Crippen LogP contribution in [-0.2, 0) is 0 Å². The van der Waals surface area contributed by atoms with Crippen molar-refractivity contribution in [2.75, 3.05) is 12.4 Å². The third kappa shape index (κ3) is 1.48. The minimum absolute atomic E-state index is 0.803. The van der Waals surface area contributed by atoms with Crippen molar-refractivity contribution < 1.29 is 0 Å². The Morgan fingerprint density at radius 1 is 1.43 bits per heavy atom. The molecule has 0 saturated heterocycles. The summed E-state index contributed by atoms with van der Waals surface area (Å²) >= 11 is 0. The fourth-order valence-electron chi connectivity index (χ4n) is 1.44. The van der Waals surface area contributed by atoms with Crippen LogP contribution in [0.1, 0.15) is 12.5 Å². The van der Waals surface area contributed by atoms with Gasteiger partial charge in [-0.25, -0.2) is 4.98 Å². The molecule has 1 heterocycles. The minimum atomic E-state index is 0.803. The monoisotopic (exact) mass is 187 g/mol. The molecule has 0 amide bonds. The number of aromatic nitrogens is 2. The van der Waals surface area contributed by atoms with Crippen molar-refractivity contribution in [2.24, 2.45) is 0 Å². The number of imidazole rings is 1. The highest BCUT2D eigenvalue weighted by Gasteiger charge is 2.00. The highest BCUT2D eigenvalue weighted by Crippen LogP contribution is 2.16. The zero-order valence-electron chi connectivity index (χ0n) is 8.33. The maximum absolute atomic E-state index is 4.34. The number of allylic oxidation sites excluding steroid dienone is 1. The third-order valence-electron chi connectivity index (χ3n) is 2.10. The van der Waals surface area contributed by atoms with Gasteiger partial charge in [-0.2, -0.15) is 0 Å². The van der Waals surface area contributed by atoms with Gasteiger partial charge in [-0.15, -0.1) is 0 Å². The Morgan fingerprint density at radius 3 is 3.00 bits per heavy atom. The lowest BCUT2D eigenvalue weighted by Gasteiger charge is -1.91. The van der Waals surface area contributed by atoms with Crippen molar-refractivity contribution in [1.29, 1.82) is 0 Å². The standard InChI is InChI=1S/C11H13N3/c1-3-4-8-5-6-9-10(7-8)14-11(12-2)13-9/h3-7H,1-2H3,(H2,12,13,14)/b4-3+. The molecule has 2 rings (SSSR count). The summed E-state index contributed by atoms with van der Waals surface area (Å²) in [5.41, 5.74) is 3.24. The van der Waals surface area contributed by atoms with Crippen LogP contribution in [0.3, 0.4) is 0 Å². The molecule has 0 spiro atoms. The molecule has 0 aliphatic carbocycles. The maximum Gasteiger partial charge on any atom is 0.200 e. The molecule has 14 heavy (non-hydrogen) atoms. The molecule has 0 fully saturated rings. The van der Waals surface area contributed by atoms with Crippen LogP contribution < -0.4 is 5.32 Å². The molecule has 0 saturated carbocycles. The summed E-state index contributed by atoms with van der Waals surface area (Å²) < 4.78 is 0. The topological polar surface area (TPSA) is 40.7 Å². The van der Waals surface area contributed by atoms with E-state index in [0.29, 0.717) is 0 Å². The number of hydrogen-bond donors (Lipinski definition) is 2. The number of rotatable bonds is 2. The third-order valence-corrected chi connectivity index (χ3v) is 2.10. The van der Waals surface area contributed by atoms with Gasteiger partial charge in [-0.3, -0.25) is 0 Å². The number of aromatic amines is 1. The number of nitrogens with one attached hydrogen (secondary N) is 2. The van der Waals surface area contributed by atoms with Gasteiger partial charge < -0.3 is 10.3 Å². The van der Waals surface area contributed by atoms with Gasteiger partial charge in [-0.1, -0.05) is 18.2 Å². The maximum atomic E-state index is 4.34. The number of anilines is 1. The molecule has 0 aliphatic rings. The van der Waals surface area contributed by atoms with Crippen LogP contribution in [0.25, 0.3) is 17.1 Å². The zero-order chi connectivity index (χ0) is 9.97. The number of fused-ring (bicyclic) bond motifs is 1. The van der Waals surface area contributed by atoms with Gasteiger partial charge in [0.05, 0.1) is 11.0 Å². The van der Waals surface area contributed by atoms with Crippen LogP contribution in [0.2, 0.25) is 0 Å². The normalized spacial score (nSPS) is 11.3. The second kappa shape index (κ2) is 3.54. The average Bonchev–Trinajstić information content (AvgIpc) is 2.60. The molecule has 1 aromatic heterocycles. The van der Waals surface area contributed by atoms with Crippen molar-refractivity contribution in [1.82, 2.24) is 9.97 Å². The lowest BCUT2D eigenvalue weighted by Crippen LogP contribution is -1.88. The number of hydrogen-bond acceptors (Lipinski definition) is 2. The van der Waals surface area contributed by atoms with Crippen molar-refractivity contribution in [2.45, 2.75) is 6.92 Å². The van der Waals surface area contributed by atoms with Crippen LogP contribution in [0.15, 0.2) is 24.3 Å². The van der Waals surface area contributed by atoms with Crippen molar-refractivity contribution >= 4 is 23.1 Å². The average molecular weight is 187 g/mol. The fourth-order valence-corrected chi connectivity index (χ4v) is 1.44. The minimum Gasteiger partial charge on any atom is -0.359 e. The van der Waals surface area contributed by atoms with Crippen molar-refractivity contribution in [3.05, 3.63) is 29.8 Å². The van der Waals surface area contributed by atoms with E-state index in [-0.39, 0.29) is 0 Å². The van der Waals surface area contributed by atoms with E-state index in [9.17, 15) is 0 Å². The SMILES string of the molecule is C/C=C/c1ccc2nc(NC)[nH]c2c1. The second-order valence-corrected chi connectivity index (χ2v) is 3.11.